The summed E-state index contributed by atoms with van der Waals surface area (Å²) in [6.45, 7) is 3.21. The highest BCUT2D eigenvalue weighted by molar-refractivity contribution is 5.89. The van der Waals surface area contributed by atoms with E-state index in [0.717, 1.165) is 23.9 Å². The van der Waals surface area contributed by atoms with Gasteiger partial charge in [0.15, 0.2) is 0 Å². The van der Waals surface area contributed by atoms with Crippen molar-refractivity contribution in [2.75, 3.05) is 7.05 Å². The zero-order chi connectivity index (χ0) is 18.1. The molecule has 27 heavy (non-hydrogen) atoms. The minimum atomic E-state index is -0.176. The van der Waals surface area contributed by atoms with Gasteiger partial charge in [0, 0.05) is 31.2 Å². The fourth-order valence-corrected chi connectivity index (χ4v) is 4.93. The first kappa shape index (κ1) is 20.1. The molecule has 0 N–H and O–H groups in total. The van der Waals surface area contributed by atoms with E-state index >= 15 is 0 Å². The molecule has 0 radical (unpaired) electrons. The van der Waals surface area contributed by atoms with Gasteiger partial charge in [-0.3, -0.25) is 0 Å². The molecule has 0 saturated carbocycles. The van der Waals surface area contributed by atoms with Crippen LogP contribution < -0.4 is 17.0 Å². The van der Waals surface area contributed by atoms with Crippen molar-refractivity contribution in [1.82, 2.24) is 0 Å². The molecule has 2 heterocycles. The molecule has 2 aromatic rings. The molecule has 4 rings (SSSR count). The zero-order valence-corrected chi connectivity index (χ0v) is 17.7. The van der Waals surface area contributed by atoms with Crippen molar-refractivity contribution < 1.29 is 31.0 Å². The van der Waals surface area contributed by atoms with Crippen molar-refractivity contribution in [2.45, 2.75) is 57.3 Å². The molecule has 2 aliphatic rings. The molecule has 0 aromatic heterocycles. The highest BCUT2D eigenvalue weighted by Crippen LogP contribution is 2.43. The van der Waals surface area contributed by atoms with E-state index in [-0.39, 0.29) is 29.1 Å². The molecule has 3 nitrogen and oxygen atoms in total. The summed E-state index contributed by atoms with van der Waals surface area (Å²) in [6.07, 6.45) is 4.51. The summed E-state index contributed by atoms with van der Waals surface area (Å²) < 4.78 is 6.97. The standard InChI is InChI=1S/C23H28NO2.BrH/c1-17-8-10-18(11-9-17)16-24(2)20-12-13-21(24)15-22(14-20)26-23(25)19-6-4-3-5-7-19;/h3-11,20-22H,12-16H2,1-2H3;1H/q+1;/p-1/t20-,21-,22?,24?;/m1./s1. The summed E-state index contributed by atoms with van der Waals surface area (Å²) in [5, 5.41) is 0. The van der Waals surface area contributed by atoms with Crippen molar-refractivity contribution in [3.05, 3.63) is 71.3 Å². The van der Waals surface area contributed by atoms with Crippen LogP contribution in [-0.4, -0.2) is 35.7 Å². The number of nitrogens with zero attached hydrogens (tertiary/aromatic N) is 1. The second-order valence-corrected chi connectivity index (χ2v) is 8.24. The number of benzene rings is 2. The number of carbonyl (C=O) groups excluding carboxylic acids is 1. The van der Waals surface area contributed by atoms with Gasteiger partial charge >= 0.3 is 5.97 Å². The fourth-order valence-electron chi connectivity index (χ4n) is 4.93. The summed E-state index contributed by atoms with van der Waals surface area (Å²) in [5.41, 5.74) is 3.38. The molecule has 0 spiro atoms. The molecular weight excluding hydrogens is 402 g/mol. The number of piperidine rings is 1. The van der Waals surface area contributed by atoms with Gasteiger partial charge in [0.05, 0.1) is 24.7 Å². The first-order valence-electron chi connectivity index (χ1n) is 9.71. The first-order chi connectivity index (χ1) is 12.5. The Hall–Kier alpha value is -1.65. The molecule has 0 amide bonds. The molecular formula is C23H28BrNO2. The predicted octanol–water partition coefficient (Wildman–Crippen LogP) is 1.50. The molecule has 0 unspecified atom stereocenters. The number of carbonyl (C=O) groups is 1. The normalized spacial score (nSPS) is 29.0. The van der Waals surface area contributed by atoms with Gasteiger partial charge in [0.1, 0.15) is 12.6 Å². The van der Waals surface area contributed by atoms with E-state index in [1.807, 2.05) is 30.3 Å². The Bertz CT molecular complexity index is 761. The van der Waals surface area contributed by atoms with E-state index < -0.39 is 0 Å². The van der Waals surface area contributed by atoms with Crippen molar-refractivity contribution in [3.63, 3.8) is 0 Å². The molecule has 2 aliphatic heterocycles. The topological polar surface area (TPSA) is 26.3 Å². The average Bonchev–Trinajstić information content (AvgIpc) is 2.82. The van der Waals surface area contributed by atoms with Crippen LogP contribution in [0.25, 0.3) is 0 Å². The molecule has 2 aromatic carbocycles. The third-order valence-electron chi connectivity index (χ3n) is 6.50. The lowest BCUT2D eigenvalue weighted by Crippen LogP contribution is -3.00. The van der Waals surface area contributed by atoms with E-state index in [4.69, 9.17) is 4.74 Å². The highest BCUT2D eigenvalue weighted by Gasteiger charge is 2.52. The maximum Gasteiger partial charge on any atom is 0.338 e. The van der Waals surface area contributed by atoms with Crippen molar-refractivity contribution >= 4 is 5.97 Å². The van der Waals surface area contributed by atoms with Gasteiger partial charge < -0.3 is 26.2 Å². The van der Waals surface area contributed by atoms with Crippen LogP contribution in [-0.2, 0) is 11.3 Å². The lowest BCUT2D eigenvalue weighted by molar-refractivity contribution is -0.961. The number of rotatable bonds is 4. The largest absolute Gasteiger partial charge is 1.00 e. The third kappa shape index (κ3) is 4.12. The van der Waals surface area contributed by atoms with Crippen LogP contribution >= 0.6 is 0 Å². The molecule has 2 fully saturated rings. The Kier molecular flexibility index (Phi) is 6.07. The summed E-state index contributed by atoms with van der Waals surface area (Å²) in [6, 6.07) is 19.5. The second-order valence-electron chi connectivity index (χ2n) is 8.24. The van der Waals surface area contributed by atoms with Gasteiger partial charge in [0.2, 0.25) is 0 Å². The Labute approximate surface area is 172 Å². The van der Waals surface area contributed by atoms with Gasteiger partial charge in [-0.05, 0) is 19.1 Å². The lowest BCUT2D eigenvalue weighted by atomic mass is 9.95. The Morgan fingerprint density at radius 2 is 1.59 bits per heavy atom. The predicted molar refractivity (Wildman–Crippen MR) is 103 cm³/mol. The Morgan fingerprint density at radius 1 is 1.00 bits per heavy atom. The maximum atomic E-state index is 12.4. The van der Waals surface area contributed by atoms with Gasteiger partial charge in [-0.1, -0.05) is 48.0 Å². The van der Waals surface area contributed by atoms with Gasteiger partial charge in [0.25, 0.3) is 0 Å². The monoisotopic (exact) mass is 429 g/mol. The van der Waals surface area contributed by atoms with Crippen LogP contribution in [0.1, 0.15) is 47.2 Å². The first-order valence-corrected chi connectivity index (χ1v) is 9.71. The quantitative estimate of drug-likeness (QED) is 0.543. The summed E-state index contributed by atoms with van der Waals surface area (Å²) in [7, 11) is 2.40. The zero-order valence-electron chi connectivity index (χ0n) is 16.1. The lowest BCUT2D eigenvalue weighted by Gasteiger charge is -2.46. The number of hydrogen-bond acceptors (Lipinski definition) is 2. The van der Waals surface area contributed by atoms with Gasteiger partial charge in [-0.15, -0.1) is 0 Å². The third-order valence-corrected chi connectivity index (χ3v) is 6.50. The average molecular weight is 430 g/mol. The molecule has 2 bridgehead atoms. The Balaban J connectivity index is 0.00000210. The van der Waals surface area contributed by atoms with Gasteiger partial charge in [-0.2, -0.15) is 0 Å². The van der Waals surface area contributed by atoms with E-state index in [0.29, 0.717) is 17.6 Å². The number of halogens is 1. The van der Waals surface area contributed by atoms with Crippen LogP contribution in [0.15, 0.2) is 54.6 Å². The summed E-state index contributed by atoms with van der Waals surface area (Å²) in [4.78, 5) is 12.4. The molecule has 144 valence electrons. The van der Waals surface area contributed by atoms with E-state index in [9.17, 15) is 4.79 Å². The second kappa shape index (κ2) is 8.15. The van der Waals surface area contributed by atoms with Crippen molar-refractivity contribution in [2.24, 2.45) is 0 Å². The number of esters is 1. The van der Waals surface area contributed by atoms with Crippen LogP contribution in [0.4, 0.5) is 0 Å². The number of fused-ring (bicyclic) bond motifs is 2. The van der Waals surface area contributed by atoms with Crippen LogP contribution in [0.5, 0.6) is 0 Å². The Morgan fingerprint density at radius 3 is 2.19 bits per heavy atom. The van der Waals surface area contributed by atoms with Crippen molar-refractivity contribution in [1.29, 1.82) is 0 Å². The van der Waals surface area contributed by atoms with Crippen LogP contribution in [0.2, 0.25) is 0 Å². The maximum absolute atomic E-state index is 12.4. The number of ether oxygens (including phenoxy) is 1. The van der Waals surface area contributed by atoms with E-state index in [1.54, 1.807) is 0 Å². The fraction of sp³-hybridized carbons (Fsp3) is 0.435. The van der Waals surface area contributed by atoms with Crippen LogP contribution in [0, 0.1) is 6.92 Å². The van der Waals surface area contributed by atoms with Crippen LogP contribution in [0.3, 0.4) is 0 Å². The van der Waals surface area contributed by atoms with Gasteiger partial charge in [-0.25, -0.2) is 4.79 Å². The number of quaternary nitrogens is 1. The number of hydrogen-bond donors (Lipinski definition) is 0. The highest BCUT2D eigenvalue weighted by atomic mass is 79.9. The molecule has 4 heteroatoms. The minimum Gasteiger partial charge on any atom is -1.00 e. The van der Waals surface area contributed by atoms with E-state index in [2.05, 4.69) is 38.2 Å². The summed E-state index contributed by atoms with van der Waals surface area (Å²) >= 11 is 0. The van der Waals surface area contributed by atoms with E-state index in [1.165, 1.54) is 24.0 Å². The SMILES string of the molecule is Cc1ccc(C[N+]2(C)[C@@H]3CC[C@@H]2CC(OC(=O)c2ccccc2)C3)cc1.[Br-]. The molecule has 2 atom stereocenters. The number of aryl methyl sites for hydroxylation is 1. The van der Waals surface area contributed by atoms with Crippen molar-refractivity contribution in [3.8, 4) is 0 Å². The smallest absolute Gasteiger partial charge is 0.338 e. The molecule has 2 saturated heterocycles. The summed E-state index contributed by atoms with van der Waals surface area (Å²) in [5.74, 6) is -0.176. The minimum absolute atomic E-state index is 0. The molecule has 0 aliphatic carbocycles.